The van der Waals surface area contributed by atoms with Gasteiger partial charge in [0.05, 0.1) is 11.1 Å². The Kier molecular flexibility index (Phi) is 4.43. The number of pyridine rings is 2. The van der Waals surface area contributed by atoms with Crippen LogP contribution in [0.25, 0.3) is 21.8 Å². The monoisotopic (exact) mass is 568 g/mol. The third-order valence-electron chi connectivity index (χ3n) is 4.10. The summed E-state index contributed by atoms with van der Waals surface area (Å²) in [7, 11) is 0. The molecule has 2 heterocycles. The molecule has 26 heavy (non-hydrogen) atoms. The fraction of sp³-hybridized carbons (Fsp3) is 0. The third kappa shape index (κ3) is 3.09. The van der Waals surface area contributed by atoms with Crippen molar-refractivity contribution in [3.05, 3.63) is 87.5 Å². The largest absolute Gasteiger partial charge is 0.321 e. The SMILES string of the molecule is O=C(c1cc2cc(I)ccc2[nH]c1=O)c1cc2cc(I)ccc2[nH]c1=O. The summed E-state index contributed by atoms with van der Waals surface area (Å²) in [5.41, 5.74) is 0.185. The number of carbonyl (C=O) groups is 1. The summed E-state index contributed by atoms with van der Waals surface area (Å²) < 4.78 is 1.97. The molecule has 2 N–H and O–H groups in total. The molecule has 0 atom stereocenters. The molecule has 4 rings (SSSR count). The van der Waals surface area contributed by atoms with Gasteiger partial charge in [0.15, 0.2) is 0 Å². The van der Waals surface area contributed by atoms with Gasteiger partial charge in [0.2, 0.25) is 5.78 Å². The highest BCUT2D eigenvalue weighted by molar-refractivity contribution is 14.1. The lowest BCUT2D eigenvalue weighted by molar-refractivity contribution is 0.103. The molecule has 0 aliphatic rings. The van der Waals surface area contributed by atoms with Crippen LogP contribution >= 0.6 is 45.2 Å². The molecule has 128 valence electrons. The average Bonchev–Trinajstić information content (AvgIpc) is 2.60. The number of benzene rings is 2. The van der Waals surface area contributed by atoms with Gasteiger partial charge in [-0.1, -0.05) is 0 Å². The second-order valence-electron chi connectivity index (χ2n) is 5.82. The Labute approximate surface area is 174 Å². The third-order valence-corrected chi connectivity index (χ3v) is 5.44. The highest BCUT2D eigenvalue weighted by Crippen LogP contribution is 2.18. The van der Waals surface area contributed by atoms with Gasteiger partial charge in [0.1, 0.15) is 0 Å². The summed E-state index contributed by atoms with van der Waals surface area (Å²) in [5, 5.41) is 1.48. The minimum Gasteiger partial charge on any atom is -0.321 e. The van der Waals surface area contributed by atoms with Gasteiger partial charge in [-0.05, 0) is 104 Å². The Morgan fingerprint density at radius 3 is 1.54 bits per heavy atom. The number of nitrogens with one attached hydrogen (secondary N) is 2. The second kappa shape index (κ2) is 6.62. The molecule has 0 saturated heterocycles. The standard InChI is InChI=1S/C19H10I2N2O3/c20-11-1-3-15-9(5-11)7-13(18(25)22-15)17(24)14-8-10-6-12(21)2-4-16(10)23-19(14)26/h1-8H,(H,22,25)(H,23,26). The van der Waals surface area contributed by atoms with Gasteiger partial charge in [0, 0.05) is 18.2 Å². The quantitative estimate of drug-likeness (QED) is 0.285. The summed E-state index contributed by atoms with van der Waals surface area (Å²) in [6.07, 6.45) is 0. The summed E-state index contributed by atoms with van der Waals surface area (Å²) in [5.74, 6) is -0.589. The molecule has 0 aliphatic carbocycles. The number of aromatic nitrogens is 2. The molecule has 0 bridgehead atoms. The van der Waals surface area contributed by atoms with E-state index in [0.717, 1.165) is 17.9 Å². The van der Waals surface area contributed by atoms with Crippen molar-refractivity contribution in [3.8, 4) is 0 Å². The van der Waals surface area contributed by atoms with Crippen molar-refractivity contribution in [2.75, 3.05) is 0 Å². The fourth-order valence-corrected chi connectivity index (χ4v) is 3.87. The molecular weight excluding hydrogens is 558 g/mol. The van der Waals surface area contributed by atoms with Crippen LogP contribution in [-0.4, -0.2) is 15.8 Å². The van der Waals surface area contributed by atoms with E-state index >= 15 is 0 Å². The lowest BCUT2D eigenvalue weighted by atomic mass is 10.0. The molecule has 0 aliphatic heterocycles. The first-order valence-corrected chi connectivity index (χ1v) is 9.78. The van der Waals surface area contributed by atoms with E-state index in [0.29, 0.717) is 11.0 Å². The van der Waals surface area contributed by atoms with E-state index in [1.165, 1.54) is 12.1 Å². The van der Waals surface area contributed by atoms with Crippen LogP contribution in [0.15, 0.2) is 58.1 Å². The lowest BCUT2D eigenvalue weighted by Gasteiger charge is -2.05. The van der Waals surface area contributed by atoms with Gasteiger partial charge in [-0.3, -0.25) is 14.4 Å². The molecule has 0 fully saturated rings. The number of fused-ring (bicyclic) bond motifs is 2. The van der Waals surface area contributed by atoms with E-state index in [9.17, 15) is 14.4 Å². The Morgan fingerprint density at radius 1 is 0.692 bits per heavy atom. The predicted octanol–water partition coefficient (Wildman–Crippen LogP) is 3.81. The minimum atomic E-state index is -0.589. The zero-order valence-electron chi connectivity index (χ0n) is 13.1. The number of H-pyrrole nitrogens is 2. The number of carbonyl (C=O) groups excluding carboxylic acids is 1. The van der Waals surface area contributed by atoms with E-state index in [4.69, 9.17) is 0 Å². The van der Waals surface area contributed by atoms with Crippen LogP contribution in [0.5, 0.6) is 0 Å². The number of hydrogen-bond acceptors (Lipinski definition) is 3. The summed E-state index contributed by atoms with van der Waals surface area (Å²) >= 11 is 4.32. The molecule has 0 spiro atoms. The van der Waals surface area contributed by atoms with Crippen molar-refractivity contribution < 1.29 is 4.79 Å². The minimum absolute atomic E-state index is 0.0463. The lowest BCUT2D eigenvalue weighted by Crippen LogP contribution is -2.24. The zero-order valence-corrected chi connectivity index (χ0v) is 17.4. The first-order valence-electron chi connectivity index (χ1n) is 7.62. The van der Waals surface area contributed by atoms with E-state index in [1.54, 1.807) is 12.1 Å². The number of hydrogen-bond donors (Lipinski definition) is 2. The molecular formula is C19H10I2N2O3. The van der Waals surface area contributed by atoms with Crippen LogP contribution in [0.2, 0.25) is 0 Å². The molecule has 5 nitrogen and oxygen atoms in total. The first kappa shape index (κ1) is 17.4. The second-order valence-corrected chi connectivity index (χ2v) is 8.31. The smallest absolute Gasteiger partial charge is 0.259 e. The van der Waals surface area contributed by atoms with Crippen molar-refractivity contribution in [1.82, 2.24) is 9.97 Å². The van der Waals surface area contributed by atoms with Crippen LogP contribution in [-0.2, 0) is 0 Å². The maximum absolute atomic E-state index is 12.9. The zero-order chi connectivity index (χ0) is 18.4. The van der Waals surface area contributed by atoms with Crippen LogP contribution in [0.1, 0.15) is 15.9 Å². The number of aromatic amines is 2. The summed E-state index contributed by atoms with van der Waals surface area (Å²) in [6.45, 7) is 0. The Hall–Kier alpha value is -2.01. The molecule has 0 radical (unpaired) electrons. The molecule has 2 aromatic carbocycles. The van der Waals surface area contributed by atoms with Crippen molar-refractivity contribution in [2.24, 2.45) is 0 Å². The van der Waals surface area contributed by atoms with Gasteiger partial charge < -0.3 is 9.97 Å². The molecule has 0 amide bonds. The average molecular weight is 568 g/mol. The summed E-state index contributed by atoms with van der Waals surface area (Å²) in [4.78, 5) is 43.1. The van der Waals surface area contributed by atoms with Crippen molar-refractivity contribution in [2.45, 2.75) is 0 Å². The number of halogens is 2. The van der Waals surface area contributed by atoms with E-state index < -0.39 is 16.9 Å². The molecule has 0 unspecified atom stereocenters. The van der Waals surface area contributed by atoms with Gasteiger partial charge in [0.25, 0.3) is 11.1 Å². The van der Waals surface area contributed by atoms with Crippen molar-refractivity contribution >= 4 is 72.8 Å². The fourth-order valence-electron chi connectivity index (χ4n) is 2.84. The molecule has 2 aromatic heterocycles. The first-order chi connectivity index (χ1) is 12.4. The number of ketones is 1. The van der Waals surface area contributed by atoms with Gasteiger partial charge in [-0.15, -0.1) is 0 Å². The van der Waals surface area contributed by atoms with E-state index in [2.05, 4.69) is 55.1 Å². The van der Waals surface area contributed by atoms with Gasteiger partial charge in [-0.25, -0.2) is 0 Å². The highest BCUT2D eigenvalue weighted by atomic mass is 127. The normalized spacial score (nSPS) is 11.2. The van der Waals surface area contributed by atoms with Crippen molar-refractivity contribution in [3.63, 3.8) is 0 Å². The van der Waals surface area contributed by atoms with Crippen LogP contribution in [0, 0.1) is 7.14 Å². The van der Waals surface area contributed by atoms with E-state index in [-0.39, 0.29) is 11.1 Å². The van der Waals surface area contributed by atoms with Gasteiger partial charge in [-0.2, -0.15) is 0 Å². The Morgan fingerprint density at radius 2 is 1.12 bits per heavy atom. The molecule has 7 heteroatoms. The van der Waals surface area contributed by atoms with Crippen LogP contribution in [0.4, 0.5) is 0 Å². The van der Waals surface area contributed by atoms with Crippen LogP contribution < -0.4 is 11.1 Å². The topological polar surface area (TPSA) is 82.8 Å². The predicted molar refractivity (Wildman–Crippen MR) is 118 cm³/mol. The van der Waals surface area contributed by atoms with Crippen molar-refractivity contribution in [1.29, 1.82) is 0 Å². The molecule has 4 aromatic rings. The highest BCUT2D eigenvalue weighted by Gasteiger charge is 2.18. The summed E-state index contributed by atoms with van der Waals surface area (Å²) in [6, 6.07) is 14.1. The maximum atomic E-state index is 12.9. The number of rotatable bonds is 2. The van der Waals surface area contributed by atoms with Crippen LogP contribution in [0.3, 0.4) is 0 Å². The van der Waals surface area contributed by atoms with Gasteiger partial charge >= 0.3 is 0 Å². The van der Waals surface area contributed by atoms with E-state index in [1.807, 2.05) is 24.3 Å². The Balaban J connectivity index is 1.92. The Bertz CT molecular complexity index is 1220. The maximum Gasteiger partial charge on any atom is 0.259 e. The molecule has 0 saturated carbocycles.